The fourth-order valence-electron chi connectivity index (χ4n) is 4.75. The van der Waals surface area contributed by atoms with E-state index in [1.54, 1.807) is 20.1 Å². The molecule has 1 N–H and O–H groups in total. The first-order valence-electron chi connectivity index (χ1n) is 12.1. The Morgan fingerprint density at radius 2 is 1.68 bits per heavy atom. The third-order valence-electron chi connectivity index (χ3n) is 7.01. The van der Waals surface area contributed by atoms with Gasteiger partial charge in [0.1, 0.15) is 11.5 Å². The molecule has 5 heteroatoms. The molecule has 1 aromatic carbocycles. The van der Waals surface area contributed by atoms with Gasteiger partial charge in [-0.3, -0.25) is 4.79 Å². The largest absolute Gasteiger partial charge is 0.500 e. The van der Waals surface area contributed by atoms with Gasteiger partial charge in [0.15, 0.2) is 5.78 Å². The smallest absolute Gasteiger partial charge is 0.336 e. The molecular formula is C29H40O5. The van der Waals surface area contributed by atoms with Crippen molar-refractivity contribution in [2.75, 3.05) is 13.7 Å². The molecule has 0 radical (unpaired) electrons. The van der Waals surface area contributed by atoms with E-state index in [1.165, 1.54) is 12.8 Å². The van der Waals surface area contributed by atoms with Crippen molar-refractivity contribution in [2.45, 2.75) is 74.1 Å². The van der Waals surface area contributed by atoms with E-state index in [1.807, 2.05) is 52.8 Å². The molecule has 2 rings (SSSR count). The van der Waals surface area contributed by atoms with E-state index in [0.717, 1.165) is 35.3 Å². The van der Waals surface area contributed by atoms with Gasteiger partial charge in [0, 0.05) is 17.1 Å². The standard InChI is InChI=1S/C29H40O5/c1-9-10-11-12-15-34-26-18(2)16-22(17-19(26)3)24(30)14-13-23-27(33-8)20(4)25(28(31)32)21(5)29(23,6)7/h13-14,16-17,23H,9-12,15H2,1-8H3,(H,31,32). The Morgan fingerprint density at radius 3 is 2.21 bits per heavy atom. The molecule has 1 unspecified atom stereocenters. The third-order valence-corrected chi connectivity index (χ3v) is 7.01. The molecule has 0 aromatic heterocycles. The molecule has 0 amide bonds. The molecule has 0 bridgehead atoms. The van der Waals surface area contributed by atoms with E-state index in [4.69, 9.17) is 9.47 Å². The number of carboxylic acid groups (broad SMARTS) is 1. The van der Waals surface area contributed by atoms with Gasteiger partial charge < -0.3 is 14.6 Å². The lowest BCUT2D eigenvalue weighted by Gasteiger charge is -2.40. The van der Waals surface area contributed by atoms with Crippen LogP contribution in [0.1, 0.15) is 81.8 Å². The predicted octanol–water partition coefficient (Wildman–Crippen LogP) is 6.98. The number of aryl methyl sites for hydroxylation is 2. The average Bonchev–Trinajstić information content (AvgIpc) is 2.76. The van der Waals surface area contributed by atoms with Crippen molar-refractivity contribution in [1.29, 1.82) is 0 Å². The highest BCUT2D eigenvalue weighted by Crippen LogP contribution is 2.48. The van der Waals surface area contributed by atoms with E-state index in [0.29, 0.717) is 23.5 Å². The van der Waals surface area contributed by atoms with Gasteiger partial charge in [0.2, 0.25) is 0 Å². The molecule has 186 valence electrons. The first-order valence-corrected chi connectivity index (χ1v) is 12.1. The number of carboxylic acids is 1. The fraction of sp³-hybridized carbons (Fsp3) is 0.517. The Morgan fingerprint density at radius 1 is 1.06 bits per heavy atom. The minimum Gasteiger partial charge on any atom is -0.500 e. The van der Waals surface area contributed by atoms with Crippen molar-refractivity contribution < 1.29 is 24.2 Å². The van der Waals surface area contributed by atoms with Crippen molar-refractivity contribution in [1.82, 2.24) is 0 Å². The van der Waals surface area contributed by atoms with Gasteiger partial charge in [-0.1, -0.05) is 51.7 Å². The highest BCUT2D eigenvalue weighted by Gasteiger charge is 2.41. The molecule has 0 saturated carbocycles. The van der Waals surface area contributed by atoms with Crippen molar-refractivity contribution in [3.63, 3.8) is 0 Å². The number of carbonyl (C=O) groups is 2. The van der Waals surface area contributed by atoms with Gasteiger partial charge in [0.05, 0.1) is 19.3 Å². The number of hydrogen-bond donors (Lipinski definition) is 1. The van der Waals surface area contributed by atoms with Gasteiger partial charge in [0.25, 0.3) is 0 Å². The van der Waals surface area contributed by atoms with Crippen LogP contribution in [0.15, 0.2) is 46.8 Å². The summed E-state index contributed by atoms with van der Waals surface area (Å²) in [5, 5.41) is 9.71. The third kappa shape index (κ3) is 5.81. The molecule has 1 aliphatic carbocycles. The number of ketones is 1. The van der Waals surface area contributed by atoms with Crippen LogP contribution in [0.25, 0.3) is 0 Å². The maximum atomic E-state index is 13.1. The van der Waals surface area contributed by atoms with Gasteiger partial charge in [-0.25, -0.2) is 4.79 Å². The SMILES string of the molecule is CCCCCCOc1c(C)cc(C(=O)C=CC2C(OC)=C(C)C(C(=O)O)=C(C)C2(C)C)cc1C. The highest BCUT2D eigenvalue weighted by molar-refractivity contribution is 6.05. The van der Waals surface area contributed by atoms with Crippen LogP contribution in [0.3, 0.4) is 0 Å². The van der Waals surface area contributed by atoms with Crippen molar-refractivity contribution in [3.05, 3.63) is 63.5 Å². The molecule has 34 heavy (non-hydrogen) atoms. The lowest BCUT2D eigenvalue weighted by Crippen LogP contribution is -2.33. The van der Waals surface area contributed by atoms with E-state index >= 15 is 0 Å². The number of rotatable bonds is 11. The summed E-state index contributed by atoms with van der Waals surface area (Å²) in [6.07, 6.45) is 8.02. The van der Waals surface area contributed by atoms with Gasteiger partial charge >= 0.3 is 5.97 Å². The molecule has 0 aliphatic heterocycles. The van der Waals surface area contributed by atoms with Crippen LogP contribution in [0, 0.1) is 25.2 Å². The number of benzene rings is 1. The molecule has 5 nitrogen and oxygen atoms in total. The molecule has 1 aromatic rings. The van der Waals surface area contributed by atoms with Gasteiger partial charge in [-0.2, -0.15) is 0 Å². The second-order valence-corrected chi connectivity index (χ2v) is 9.77. The van der Waals surface area contributed by atoms with Gasteiger partial charge in [-0.05, 0) is 68.9 Å². The summed E-state index contributed by atoms with van der Waals surface area (Å²) < 4.78 is 11.6. The van der Waals surface area contributed by atoms with Crippen molar-refractivity contribution >= 4 is 11.8 Å². The number of aliphatic carboxylic acids is 1. The summed E-state index contributed by atoms with van der Waals surface area (Å²) in [5.41, 5.74) is 3.64. The topological polar surface area (TPSA) is 72.8 Å². The van der Waals surface area contributed by atoms with Crippen LogP contribution in [-0.2, 0) is 9.53 Å². The maximum absolute atomic E-state index is 13.1. The average molecular weight is 469 g/mol. The zero-order valence-electron chi connectivity index (χ0n) is 22.0. The maximum Gasteiger partial charge on any atom is 0.336 e. The highest BCUT2D eigenvalue weighted by atomic mass is 16.5. The van der Waals surface area contributed by atoms with E-state index in [-0.39, 0.29) is 17.3 Å². The van der Waals surface area contributed by atoms with Crippen LogP contribution < -0.4 is 4.74 Å². The second-order valence-electron chi connectivity index (χ2n) is 9.77. The van der Waals surface area contributed by atoms with Crippen molar-refractivity contribution in [3.8, 4) is 5.75 Å². The van der Waals surface area contributed by atoms with Gasteiger partial charge in [-0.15, -0.1) is 0 Å². The van der Waals surface area contributed by atoms with E-state index < -0.39 is 11.4 Å². The number of methoxy groups -OCH3 is 1. The Kier molecular flexibility index (Phi) is 9.31. The van der Waals surface area contributed by atoms with Crippen LogP contribution in [0.5, 0.6) is 5.75 Å². The molecule has 0 saturated heterocycles. The quantitative estimate of drug-likeness (QED) is 0.215. The summed E-state index contributed by atoms with van der Waals surface area (Å²) in [4.78, 5) is 24.9. The minimum absolute atomic E-state index is 0.102. The predicted molar refractivity (Wildman–Crippen MR) is 136 cm³/mol. The molecular weight excluding hydrogens is 428 g/mol. The number of allylic oxidation sites excluding steroid dienone is 3. The molecule has 1 atom stereocenters. The van der Waals surface area contributed by atoms with Crippen LogP contribution in [0.4, 0.5) is 0 Å². The fourth-order valence-corrected chi connectivity index (χ4v) is 4.75. The normalized spacial score (nSPS) is 17.9. The zero-order valence-corrected chi connectivity index (χ0v) is 22.0. The Balaban J connectivity index is 2.27. The van der Waals surface area contributed by atoms with Crippen LogP contribution in [-0.4, -0.2) is 30.6 Å². The molecule has 0 fully saturated rings. The lowest BCUT2D eigenvalue weighted by molar-refractivity contribution is -0.132. The number of hydrogen-bond acceptors (Lipinski definition) is 4. The first kappa shape index (κ1) is 27.4. The summed E-state index contributed by atoms with van der Waals surface area (Å²) in [6, 6.07) is 3.75. The Bertz CT molecular complexity index is 1000. The van der Waals surface area contributed by atoms with E-state index in [9.17, 15) is 14.7 Å². The van der Waals surface area contributed by atoms with Crippen molar-refractivity contribution in [2.24, 2.45) is 11.3 Å². The summed E-state index contributed by atoms with van der Waals surface area (Å²) in [5.74, 6) is 0.117. The van der Waals surface area contributed by atoms with Crippen LogP contribution >= 0.6 is 0 Å². The summed E-state index contributed by atoms with van der Waals surface area (Å²) in [6.45, 7) is 14.4. The monoisotopic (exact) mass is 468 g/mol. The van der Waals surface area contributed by atoms with Crippen LogP contribution in [0.2, 0.25) is 0 Å². The second kappa shape index (κ2) is 11.5. The first-order chi connectivity index (χ1) is 16.0. The molecule has 1 aliphatic rings. The zero-order chi connectivity index (χ0) is 25.6. The Labute approximate surface area is 204 Å². The number of unbranched alkanes of at least 4 members (excludes halogenated alkanes) is 3. The Hall–Kier alpha value is -2.82. The summed E-state index contributed by atoms with van der Waals surface area (Å²) in [7, 11) is 1.55. The summed E-state index contributed by atoms with van der Waals surface area (Å²) >= 11 is 0. The number of ether oxygens (including phenoxy) is 2. The van der Waals surface area contributed by atoms with E-state index in [2.05, 4.69) is 6.92 Å². The lowest BCUT2D eigenvalue weighted by atomic mass is 9.66. The minimum atomic E-state index is -0.963. The number of carbonyl (C=O) groups excluding carboxylic acids is 1. The molecule has 0 heterocycles. The molecule has 0 spiro atoms.